The van der Waals surface area contributed by atoms with Crippen molar-refractivity contribution < 1.29 is 5.11 Å². The van der Waals surface area contributed by atoms with Crippen molar-refractivity contribution in [3.05, 3.63) is 11.6 Å². The van der Waals surface area contributed by atoms with E-state index in [4.69, 9.17) is 5.11 Å². The van der Waals surface area contributed by atoms with Gasteiger partial charge in [0.05, 0.1) is 6.61 Å². The van der Waals surface area contributed by atoms with Gasteiger partial charge in [0, 0.05) is 0 Å². The largest absolute Gasteiger partial charge is 0.392 e. The zero-order chi connectivity index (χ0) is 7.90. The lowest BCUT2D eigenvalue weighted by atomic mass is 9.70. The van der Waals surface area contributed by atoms with Crippen molar-refractivity contribution >= 4 is 0 Å². The van der Waals surface area contributed by atoms with Gasteiger partial charge in [-0.05, 0) is 37.0 Å². The summed E-state index contributed by atoms with van der Waals surface area (Å²) in [7, 11) is 0. The molecule has 11 heavy (non-hydrogen) atoms. The lowest BCUT2D eigenvalue weighted by molar-refractivity contribution is 0.282. The minimum absolute atomic E-state index is 0.238. The van der Waals surface area contributed by atoms with Crippen LogP contribution in [-0.4, -0.2) is 11.7 Å². The molecule has 2 rings (SSSR count). The van der Waals surface area contributed by atoms with E-state index in [1.54, 1.807) is 0 Å². The van der Waals surface area contributed by atoms with Crippen molar-refractivity contribution in [2.75, 3.05) is 6.61 Å². The number of aliphatic hydroxyl groups excluding tert-OH is 1. The molecule has 62 valence electrons. The van der Waals surface area contributed by atoms with Crippen LogP contribution in [0.15, 0.2) is 11.6 Å². The Labute approximate surface area is 68.1 Å². The van der Waals surface area contributed by atoms with E-state index in [2.05, 4.69) is 6.92 Å². The third-order valence-corrected chi connectivity index (χ3v) is 3.40. The second-order valence-corrected chi connectivity index (χ2v) is 4.21. The molecule has 0 aliphatic heterocycles. The van der Waals surface area contributed by atoms with Crippen LogP contribution in [0.5, 0.6) is 0 Å². The second kappa shape index (κ2) is 2.34. The van der Waals surface area contributed by atoms with Crippen LogP contribution >= 0.6 is 0 Å². The van der Waals surface area contributed by atoms with Gasteiger partial charge in [0.15, 0.2) is 0 Å². The summed E-state index contributed by atoms with van der Waals surface area (Å²) in [5, 5.41) is 8.73. The Kier molecular flexibility index (Phi) is 1.57. The molecule has 0 spiro atoms. The first kappa shape index (κ1) is 7.35. The van der Waals surface area contributed by atoms with Gasteiger partial charge in [-0.15, -0.1) is 0 Å². The van der Waals surface area contributed by atoms with Gasteiger partial charge in [-0.2, -0.15) is 0 Å². The first-order valence-electron chi connectivity index (χ1n) is 4.56. The molecular formula is C10H16O. The number of rotatable bonds is 2. The van der Waals surface area contributed by atoms with Crippen LogP contribution in [0.2, 0.25) is 0 Å². The van der Waals surface area contributed by atoms with Gasteiger partial charge < -0.3 is 5.11 Å². The van der Waals surface area contributed by atoms with Crippen molar-refractivity contribution in [2.45, 2.75) is 32.6 Å². The summed E-state index contributed by atoms with van der Waals surface area (Å²) in [4.78, 5) is 0. The van der Waals surface area contributed by atoms with Crippen LogP contribution in [0.3, 0.4) is 0 Å². The predicted octanol–water partition coefficient (Wildman–Crippen LogP) is 2.12. The molecule has 1 atom stereocenters. The first-order valence-corrected chi connectivity index (χ1v) is 4.56. The summed E-state index contributed by atoms with van der Waals surface area (Å²) in [5.74, 6) is 0.828. The smallest absolute Gasteiger partial charge is 0.0615 e. The Bertz CT molecular complexity index is 189. The highest BCUT2D eigenvalue weighted by molar-refractivity contribution is 5.22. The molecule has 0 aromatic carbocycles. The van der Waals surface area contributed by atoms with Crippen molar-refractivity contribution in [3.8, 4) is 0 Å². The highest BCUT2D eigenvalue weighted by atomic mass is 16.2. The minimum Gasteiger partial charge on any atom is -0.392 e. The summed E-state index contributed by atoms with van der Waals surface area (Å²) in [6, 6.07) is 0. The van der Waals surface area contributed by atoms with Gasteiger partial charge in [0.25, 0.3) is 0 Å². The zero-order valence-corrected chi connectivity index (χ0v) is 7.14. The van der Waals surface area contributed by atoms with Crippen LogP contribution in [0.25, 0.3) is 0 Å². The lowest BCUT2D eigenvalue weighted by Gasteiger charge is -2.35. The highest BCUT2D eigenvalue weighted by Crippen LogP contribution is 2.60. The molecule has 0 aromatic rings. The number of aliphatic hydroxyl groups is 1. The summed E-state index contributed by atoms with van der Waals surface area (Å²) >= 11 is 0. The fraction of sp³-hybridized carbons (Fsp3) is 0.800. The maximum absolute atomic E-state index is 8.73. The Balaban J connectivity index is 2.01. The van der Waals surface area contributed by atoms with Crippen molar-refractivity contribution in [2.24, 2.45) is 11.3 Å². The molecule has 0 radical (unpaired) electrons. The van der Waals surface area contributed by atoms with E-state index in [0.29, 0.717) is 5.41 Å². The maximum atomic E-state index is 8.73. The number of allylic oxidation sites excluding steroid dienone is 1. The van der Waals surface area contributed by atoms with Gasteiger partial charge in [-0.1, -0.05) is 18.6 Å². The topological polar surface area (TPSA) is 20.2 Å². The van der Waals surface area contributed by atoms with E-state index in [1.165, 1.54) is 31.3 Å². The van der Waals surface area contributed by atoms with Crippen molar-refractivity contribution in [3.63, 3.8) is 0 Å². The molecule has 1 N–H and O–H groups in total. The molecule has 0 aromatic heterocycles. The molecule has 2 saturated carbocycles. The summed E-state index contributed by atoms with van der Waals surface area (Å²) in [6.07, 6.45) is 7.42. The van der Waals surface area contributed by atoms with Crippen molar-refractivity contribution in [1.29, 1.82) is 0 Å². The summed E-state index contributed by atoms with van der Waals surface area (Å²) < 4.78 is 0. The van der Waals surface area contributed by atoms with E-state index >= 15 is 0 Å². The Morgan fingerprint density at radius 3 is 2.73 bits per heavy atom. The van der Waals surface area contributed by atoms with Gasteiger partial charge in [-0.3, -0.25) is 0 Å². The van der Waals surface area contributed by atoms with Gasteiger partial charge >= 0.3 is 0 Å². The van der Waals surface area contributed by atoms with Gasteiger partial charge in [0.2, 0.25) is 0 Å². The van der Waals surface area contributed by atoms with Crippen LogP contribution < -0.4 is 0 Å². The van der Waals surface area contributed by atoms with E-state index < -0.39 is 0 Å². The van der Waals surface area contributed by atoms with Crippen LogP contribution in [0, 0.1) is 11.3 Å². The third kappa shape index (κ3) is 1.12. The predicted molar refractivity (Wildman–Crippen MR) is 45.2 cm³/mol. The van der Waals surface area contributed by atoms with E-state index in [1.807, 2.05) is 6.08 Å². The molecule has 1 nitrogen and oxygen atoms in total. The summed E-state index contributed by atoms with van der Waals surface area (Å²) in [6.45, 7) is 2.62. The van der Waals surface area contributed by atoms with Crippen LogP contribution in [-0.2, 0) is 0 Å². The normalized spacial score (nSPS) is 36.9. The van der Waals surface area contributed by atoms with Gasteiger partial charge in [0.1, 0.15) is 0 Å². The minimum atomic E-state index is 0.238. The second-order valence-electron chi connectivity index (χ2n) is 4.21. The molecule has 2 fully saturated rings. The molecular weight excluding hydrogens is 136 g/mol. The lowest BCUT2D eigenvalue weighted by Crippen LogP contribution is -2.24. The Morgan fingerprint density at radius 1 is 1.64 bits per heavy atom. The van der Waals surface area contributed by atoms with Crippen LogP contribution in [0.4, 0.5) is 0 Å². The molecule has 0 amide bonds. The molecule has 0 bridgehead atoms. The summed E-state index contributed by atoms with van der Waals surface area (Å²) in [5.41, 5.74) is 2.16. The average molecular weight is 152 g/mol. The third-order valence-electron chi connectivity index (χ3n) is 3.40. The number of hydrogen-bond donors (Lipinski definition) is 1. The molecule has 0 saturated heterocycles. The highest BCUT2D eigenvalue weighted by Gasteiger charge is 2.48. The fourth-order valence-corrected chi connectivity index (χ4v) is 2.16. The average Bonchev–Trinajstić information content (AvgIpc) is 2.60. The quantitative estimate of drug-likeness (QED) is 0.601. The maximum Gasteiger partial charge on any atom is 0.0615 e. The monoisotopic (exact) mass is 152 g/mol. The molecule has 0 heterocycles. The SMILES string of the molecule is CC1([C@H]2CCC2=CCO)CC1. The fourth-order valence-electron chi connectivity index (χ4n) is 2.16. The first-order chi connectivity index (χ1) is 5.26. The van der Waals surface area contributed by atoms with E-state index in [9.17, 15) is 0 Å². The van der Waals surface area contributed by atoms with E-state index in [0.717, 1.165) is 5.92 Å². The number of hydrogen-bond acceptors (Lipinski definition) is 1. The molecule has 1 heteroatoms. The van der Waals surface area contributed by atoms with Crippen LogP contribution in [0.1, 0.15) is 32.6 Å². The molecule has 2 aliphatic carbocycles. The molecule has 2 aliphatic rings. The zero-order valence-electron chi connectivity index (χ0n) is 7.14. The Hall–Kier alpha value is -0.300. The molecule has 0 unspecified atom stereocenters. The Morgan fingerprint density at radius 2 is 2.36 bits per heavy atom. The van der Waals surface area contributed by atoms with Gasteiger partial charge in [-0.25, -0.2) is 0 Å². The standard InChI is InChI=1S/C10H16O/c1-10(5-6-10)9-3-2-8(9)4-7-11/h4,9,11H,2-3,5-7H2,1H3/t9-/m0/s1. The van der Waals surface area contributed by atoms with E-state index in [-0.39, 0.29) is 6.61 Å². The van der Waals surface area contributed by atoms with Crippen molar-refractivity contribution in [1.82, 2.24) is 0 Å².